The van der Waals surface area contributed by atoms with Crippen LogP contribution in [0, 0.1) is 0 Å². The molecule has 0 atom stereocenters. The van der Waals surface area contributed by atoms with E-state index in [1.54, 1.807) is 0 Å². The largest absolute Gasteiger partial charge is 0.310 e. The summed E-state index contributed by atoms with van der Waals surface area (Å²) in [6, 6.07) is 67.8. The Bertz CT molecular complexity index is 2650. The van der Waals surface area contributed by atoms with Crippen LogP contribution in [0.2, 0.25) is 0 Å². The van der Waals surface area contributed by atoms with Crippen molar-refractivity contribution >= 4 is 44.9 Å². The number of anilines is 6. The maximum Gasteiger partial charge on any atom is 0.0540 e. The van der Waals surface area contributed by atoms with Crippen molar-refractivity contribution in [2.24, 2.45) is 0 Å². The number of nitrogens with zero attached hydrogens (tertiary/aromatic N) is 2. The van der Waals surface area contributed by atoms with Crippen molar-refractivity contribution in [3.05, 3.63) is 215 Å². The molecule has 266 valence electrons. The number of para-hydroxylation sites is 2. The van der Waals surface area contributed by atoms with Gasteiger partial charge in [0.2, 0.25) is 0 Å². The van der Waals surface area contributed by atoms with Crippen LogP contribution in [-0.2, 0) is 31.1 Å². The quantitative estimate of drug-likeness (QED) is 0.170. The topological polar surface area (TPSA) is 6.48 Å². The van der Waals surface area contributed by atoms with E-state index in [2.05, 4.69) is 206 Å². The molecule has 0 heterocycles. The van der Waals surface area contributed by atoms with Gasteiger partial charge in [0.25, 0.3) is 0 Å². The van der Waals surface area contributed by atoms with Crippen LogP contribution in [0.25, 0.3) is 21.9 Å². The standard InChI is InChI=1S/C53H44N2/c1-53(2)48-22-12-11-21-46(48)47-33-32-44(36-49(47)53)55(50-23-13-15-39-14-9-10-20-45(39)50)52-35-38-25-29-40-28-24-37(26-30-41(52)31-27-38)34-51(40)54(42-16-5-3-6-17-42)43-18-7-4-8-19-43/h3-24,27-28,31-36H,25-26,29-30H2,1-2H3. The van der Waals surface area contributed by atoms with Crippen LogP contribution in [0.5, 0.6) is 0 Å². The van der Waals surface area contributed by atoms with Crippen molar-refractivity contribution in [2.45, 2.75) is 44.9 Å². The molecule has 0 saturated carbocycles. The van der Waals surface area contributed by atoms with Gasteiger partial charge in [-0.2, -0.15) is 0 Å². The van der Waals surface area contributed by atoms with E-state index in [-0.39, 0.29) is 5.41 Å². The Kier molecular flexibility index (Phi) is 8.14. The van der Waals surface area contributed by atoms with Crippen molar-refractivity contribution in [1.82, 2.24) is 0 Å². The highest BCUT2D eigenvalue weighted by atomic mass is 15.2. The summed E-state index contributed by atoms with van der Waals surface area (Å²) in [6.45, 7) is 4.76. The second kappa shape index (κ2) is 13.5. The fraction of sp³-hybridized carbons (Fsp3) is 0.132. The van der Waals surface area contributed by atoms with Crippen LogP contribution in [0.3, 0.4) is 0 Å². The first-order valence-corrected chi connectivity index (χ1v) is 19.7. The predicted molar refractivity (Wildman–Crippen MR) is 232 cm³/mol. The van der Waals surface area contributed by atoms with Crippen LogP contribution >= 0.6 is 0 Å². The zero-order chi connectivity index (χ0) is 36.9. The third-order valence-corrected chi connectivity index (χ3v) is 12.0. The molecule has 13 rings (SSSR count). The van der Waals surface area contributed by atoms with Crippen molar-refractivity contribution in [3.63, 3.8) is 0 Å². The van der Waals surface area contributed by atoms with E-state index in [0.717, 1.165) is 25.7 Å². The molecule has 0 fully saturated rings. The number of hydrogen-bond donors (Lipinski definition) is 0. The molecule has 8 aromatic carbocycles. The number of hydrogen-bond acceptors (Lipinski definition) is 2. The zero-order valence-corrected chi connectivity index (χ0v) is 31.5. The Hall–Kier alpha value is -6.38. The molecule has 55 heavy (non-hydrogen) atoms. The first-order valence-electron chi connectivity index (χ1n) is 19.7. The van der Waals surface area contributed by atoms with Gasteiger partial charge in [-0.3, -0.25) is 0 Å². The lowest BCUT2D eigenvalue weighted by Gasteiger charge is -2.31. The predicted octanol–water partition coefficient (Wildman–Crippen LogP) is 14.0. The van der Waals surface area contributed by atoms with Gasteiger partial charge in [-0.15, -0.1) is 0 Å². The Morgan fingerprint density at radius 2 is 0.945 bits per heavy atom. The van der Waals surface area contributed by atoms with Gasteiger partial charge < -0.3 is 9.80 Å². The van der Waals surface area contributed by atoms with Gasteiger partial charge in [0, 0.05) is 39.2 Å². The molecule has 0 radical (unpaired) electrons. The van der Waals surface area contributed by atoms with Crippen LogP contribution < -0.4 is 9.80 Å². The zero-order valence-electron chi connectivity index (χ0n) is 31.5. The maximum absolute atomic E-state index is 2.56. The summed E-state index contributed by atoms with van der Waals surface area (Å²) in [5.74, 6) is 0. The van der Waals surface area contributed by atoms with Crippen molar-refractivity contribution < 1.29 is 0 Å². The second-order valence-corrected chi connectivity index (χ2v) is 15.7. The van der Waals surface area contributed by atoms with Crippen LogP contribution in [-0.4, -0.2) is 0 Å². The summed E-state index contributed by atoms with van der Waals surface area (Å²) < 4.78 is 0. The smallest absolute Gasteiger partial charge is 0.0540 e. The van der Waals surface area contributed by atoms with E-state index >= 15 is 0 Å². The van der Waals surface area contributed by atoms with Crippen molar-refractivity contribution in [3.8, 4) is 11.1 Å². The molecule has 0 N–H and O–H groups in total. The van der Waals surface area contributed by atoms with Gasteiger partial charge in [-0.1, -0.05) is 141 Å². The lowest BCUT2D eigenvalue weighted by Crippen LogP contribution is -2.18. The number of fused-ring (bicyclic) bond motifs is 4. The number of aryl methyl sites for hydroxylation is 4. The maximum atomic E-state index is 2.56. The summed E-state index contributed by atoms with van der Waals surface area (Å²) in [5, 5.41) is 2.51. The number of benzene rings is 8. The molecule has 0 amide bonds. The molecule has 2 nitrogen and oxygen atoms in total. The van der Waals surface area contributed by atoms with E-state index < -0.39 is 0 Å². The SMILES string of the molecule is CC1(C)c2ccccc2-c2ccc(N(c3cc4ccc3CCc3ccc(c(N(c5ccccc5)c5ccccc5)c3)CC4)c3cccc4ccccc34)cc21. The Labute approximate surface area is 325 Å². The molecular weight excluding hydrogens is 665 g/mol. The third kappa shape index (κ3) is 5.81. The lowest BCUT2D eigenvalue weighted by atomic mass is 9.82. The molecule has 0 aliphatic heterocycles. The minimum absolute atomic E-state index is 0.0924. The molecule has 5 aliphatic rings. The fourth-order valence-electron chi connectivity index (χ4n) is 9.15. The van der Waals surface area contributed by atoms with Gasteiger partial charge in [0.05, 0.1) is 5.69 Å². The number of rotatable bonds is 6. The van der Waals surface area contributed by atoms with E-state index in [1.165, 1.54) is 89.4 Å². The van der Waals surface area contributed by atoms with Crippen molar-refractivity contribution in [2.75, 3.05) is 9.80 Å². The van der Waals surface area contributed by atoms with Gasteiger partial charge in [0.15, 0.2) is 0 Å². The monoisotopic (exact) mass is 708 g/mol. The summed E-state index contributed by atoms with van der Waals surface area (Å²) >= 11 is 0. The van der Waals surface area contributed by atoms with Gasteiger partial charge in [0.1, 0.15) is 0 Å². The van der Waals surface area contributed by atoms with Crippen LogP contribution in [0.1, 0.15) is 47.2 Å². The summed E-state index contributed by atoms with van der Waals surface area (Å²) in [6.07, 6.45) is 3.73. The molecule has 0 aromatic heterocycles. The average molecular weight is 709 g/mol. The normalized spacial score (nSPS) is 13.9. The molecule has 2 heteroatoms. The molecule has 5 aliphatic carbocycles. The van der Waals surface area contributed by atoms with Crippen LogP contribution in [0.15, 0.2) is 182 Å². The molecule has 4 bridgehead atoms. The Balaban J connectivity index is 1.11. The molecule has 0 unspecified atom stereocenters. The minimum Gasteiger partial charge on any atom is -0.310 e. The Morgan fingerprint density at radius 1 is 0.382 bits per heavy atom. The average Bonchev–Trinajstić information content (AvgIpc) is 3.46. The van der Waals surface area contributed by atoms with Gasteiger partial charge in [-0.25, -0.2) is 0 Å². The van der Waals surface area contributed by atoms with Crippen molar-refractivity contribution in [1.29, 1.82) is 0 Å². The van der Waals surface area contributed by atoms with E-state index in [4.69, 9.17) is 0 Å². The lowest BCUT2D eigenvalue weighted by molar-refractivity contribution is 0.660. The molecule has 0 spiro atoms. The highest BCUT2D eigenvalue weighted by molar-refractivity contribution is 6.00. The fourth-order valence-corrected chi connectivity index (χ4v) is 9.15. The summed E-state index contributed by atoms with van der Waals surface area (Å²) in [7, 11) is 0. The third-order valence-electron chi connectivity index (χ3n) is 12.0. The highest BCUT2D eigenvalue weighted by Crippen LogP contribution is 2.51. The van der Waals surface area contributed by atoms with Gasteiger partial charge >= 0.3 is 0 Å². The summed E-state index contributed by atoms with van der Waals surface area (Å²) in [4.78, 5) is 5.00. The molecule has 8 aromatic rings. The first-order chi connectivity index (χ1) is 27.0. The van der Waals surface area contributed by atoms with E-state index in [9.17, 15) is 0 Å². The highest BCUT2D eigenvalue weighted by Gasteiger charge is 2.36. The van der Waals surface area contributed by atoms with E-state index in [1.807, 2.05) is 0 Å². The first kappa shape index (κ1) is 33.2. The van der Waals surface area contributed by atoms with E-state index in [0.29, 0.717) is 0 Å². The molecule has 0 saturated heterocycles. The second-order valence-electron chi connectivity index (χ2n) is 15.7. The molecular formula is C53H44N2. The minimum atomic E-state index is -0.0924. The Morgan fingerprint density at radius 3 is 1.64 bits per heavy atom. The van der Waals surface area contributed by atoms with Crippen LogP contribution in [0.4, 0.5) is 34.1 Å². The summed E-state index contributed by atoms with van der Waals surface area (Å²) in [5.41, 5.74) is 18.1. The van der Waals surface area contributed by atoms with Gasteiger partial charge in [-0.05, 0) is 130 Å².